The molecule has 0 aliphatic rings. The van der Waals surface area contributed by atoms with Gasteiger partial charge in [-0.2, -0.15) is 0 Å². The number of carbonyl (C=O) groups is 1. The van der Waals surface area contributed by atoms with E-state index in [1.165, 1.54) is 17.0 Å². The van der Waals surface area contributed by atoms with E-state index in [9.17, 15) is 15.0 Å². The topological polar surface area (TPSA) is 60.8 Å². The number of hydrogen-bond donors (Lipinski definition) is 2. The van der Waals surface area contributed by atoms with Crippen molar-refractivity contribution >= 4 is 5.91 Å². The molecule has 4 heteroatoms. The van der Waals surface area contributed by atoms with Crippen LogP contribution in [-0.2, 0) is 6.54 Å². The second kappa shape index (κ2) is 5.65. The van der Waals surface area contributed by atoms with Crippen LogP contribution < -0.4 is 0 Å². The molecule has 0 bridgehead atoms. The molecular formula is C16H17NO3. The molecular weight excluding hydrogens is 254 g/mol. The zero-order valence-corrected chi connectivity index (χ0v) is 11.5. The first kappa shape index (κ1) is 13.9. The minimum atomic E-state index is -0.286. The molecule has 20 heavy (non-hydrogen) atoms. The molecule has 2 N–H and O–H groups in total. The molecule has 2 rings (SSSR count). The van der Waals surface area contributed by atoms with E-state index >= 15 is 0 Å². The van der Waals surface area contributed by atoms with Crippen LogP contribution in [0.2, 0.25) is 0 Å². The standard InChI is InChI=1S/C16H17NO3/c1-11-5-3-4-6-12(11)10-17(2)16(20)14-8-7-13(18)9-15(14)19/h3-9,18-19H,10H2,1-2H3. The Bertz CT molecular complexity index is 637. The quantitative estimate of drug-likeness (QED) is 0.902. The molecule has 0 heterocycles. The lowest BCUT2D eigenvalue weighted by molar-refractivity contribution is 0.0782. The van der Waals surface area contributed by atoms with Gasteiger partial charge in [-0.05, 0) is 30.2 Å². The Morgan fingerprint density at radius 3 is 2.50 bits per heavy atom. The fraction of sp³-hybridized carbons (Fsp3) is 0.188. The molecule has 0 saturated heterocycles. The number of phenolic OH excluding ortho intramolecular Hbond substituents is 2. The summed E-state index contributed by atoms with van der Waals surface area (Å²) in [6.45, 7) is 2.46. The predicted octanol–water partition coefficient (Wildman–Crippen LogP) is 2.68. The van der Waals surface area contributed by atoms with Crippen molar-refractivity contribution in [2.24, 2.45) is 0 Å². The summed E-state index contributed by atoms with van der Waals surface area (Å²) in [6, 6.07) is 11.8. The van der Waals surface area contributed by atoms with Crippen molar-refractivity contribution in [2.45, 2.75) is 13.5 Å². The first-order valence-electron chi connectivity index (χ1n) is 6.31. The highest BCUT2D eigenvalue weighted by atomic mass is 16.3. The Morgan fingerprint density at radius 2 is 1.85 bits per heavy atom. The molecule has 0 radical (unpaired) electrons. The summed E-state index contributed by atoms with van der Waals surface area (Å²) in [6.07, 6.45) is 0. The summed E-state index contributed by atoms with van der Waals surface area (Å²) in [5, 5.41) is 19.0. The van der Waals surface area contributed by atoms with E-state index in [0.717, 1.165) is 17.2 Å². The Balaban J connectivity index is 2.19. The SMILES string of the molecule is Cc1ccccc1CN(C)C(=O)c1ccc(O)cc1O. The highest BCUT2D eigenvalue weighted by Gasteiger charge is 2.16. The first-order chi connectivity index (χ1) is 9.49. The second-order valence-electron chi connectivity index (χ2n) is 4.79. The molecule has 0 aliphatic carbocycles. The van der Waals surface area contributed by atoms with Gasteiger partial charge < -0.3 is 15.1 Å². The van der Waals surface area contributed by atoms with Crippen LogP contribution in [0.5, 0.6) is 11.5 Å². The summed E-state index contributed by atoms with van der Waals surface area (Å²) in [5.41, 5.74) is 2.35. The molecule has 0 saturated carbocycles. The van der Waals surface area contributed by atoms with E-state index in [-0.39, 0.29) is 23.0 Å². The molecule has 4 nitrogen and oxygen atoms in total. The van der Waals surface area contributed by atoms with Gasteiger partial charge in [0.25, 0.3) is 5.91 Å². The second-order valence-corrected chi connectivity index (χ2v) is 4.79. The van der Waals surface area contributed by atoms with Crippen molar-refractivity contribution in [1.29, 1.82) is 0 Å². The fourth-order valence-electron chi connectivity index (χ4n) is 2.02. The average molecular weight is 271 g/mol. The van der Waals surface area contributed by atoms with Gasteiger partial charge in [-0.15, -0.1) is 0 Å². The minimum absolute atomic E-state index is 0.0689. The van der Waals surface area contributed by atoms with Gasteiger partial charge in [0.1, 0.15) is 11.5 Å². The van der Waals surface area contributed by atoms with Crippen LogP contribution in [0.15, 0.2) is 42.5 Å². The van der Waals surface area contributed by atoms with E-state index < -0.39 is 0 Å². The van der Waals surface area contributed by atoms with Crippen molar-refractivity contribution in [3.05, 3.63) is 59.2 Å². The van der Waals surface area contributed by atoms with Gasteiger partial charge in [0.15, 0.2) is 0 Å². The van der Waals surface area contributed by atoms with Gasteiger partial charge in [-0.3, -0.25) is 4.79 Å². The van der Waals surface area contributed by atoms with Crippen molar-refractivity contribution in [1.82, 2.24) is 4.90 Å². The maximum atomic E-state index is 12.3. The van der Waals surface area contributed by atoms with Gasteiger partial charge >= 0.3 is 0 Å². The van der Waals surface area contributed by atoms with E-state index in [1.807, 2.05) is 31.2 Å². The third kappa shape index (κ3) is 2.91. The zero-order valence-electron chi connectivity index (χ0n) is 11.5. The lowest BCUT2D eigenvalue weighted by atomic mass is 10.1. The number of hydrogen-bond acceptors (Lipinski definition) is 3. The third-order valence-corrected chi connectivity index (χ3v) is 3.23. The van der Waals surface area contributed by atoms with Crippen molar-refractivity contribution < 1.29 is 15.0 Å². The van der Waals surface area contributed by atoms with E-state index in [0.29, 0.717) is 6.54 Å². The summed E-state index contributed by atoms with van der Waals surface area (Å²) in [7, 11) is 1.68. The smallest absolute Gasteiger partial charge is 0.257 e. The Labute approximate surface area is 117 Å². The molecule has 0 aromatic heterocycles. The van der Waals surface area contributed by atoms with Crippen LogP contribution in [0.4, 0.5) is 0 Å². The van der Waals surface area contributed by atoms with Gasteiger partial charge in [-0.25, -0.2) is 0 Å². The normalized spacial score (nSPS) is 10.3. The summed E-state index contributed by atoms with van der Waals surface area (Å²) in [4.78, 5) is 13.8. The molecule has 1 amide bonds. The molecule has 0 unspecified atom stereocenters. The van der Waals surface area contributed by atoms with Crippen LogP contribution in [0.3, 0.4) is 0 Å². The largest absolute Gasteiger partial charge is 0.508 e. The predicted molar refractivity (Wildman–Crippen MR) is 76.7 cm³/mol. The zero-order chi connectivity index (χ0) is 14.7. The summed E-state index contributed by atoms with van der Waals surface area (Å²) >= 11 is 0. The third-order valence-electron chi connectivity index (χ3n) is 3.23. The average Bonchev–Trinajstić information content (AvgIpc) is 2.40. The highest BCUT2D eigenvalue weighted by molar-refractivity contribution is 5.96. The lowest BCUT2D eigenvalue weighted by Crippen LogP contribution is -2.26. The van der Waals surface area contributed by atoms with Crippen LogP contribution in [0.25, 0.3) is 0 Å². The van der Waals surface area contributed by atoms with Gasteiger partial charge in [0, 0.05) is 19.7 Å². The molecule has 2 aromatic rings. The van der Waals surface area contributed by atoms with Crippen LogP contribution in [0, 0.1) is 6.92 Å². The maximum Gasteiger partial charge on any atom is 0.257 e. The Morgan fingerprint density at radius 1 is 1.15 bits per heavy atom. The van der Waals surface area contributed by atoms with E-state index in [2.05, 4.69) is 0 Å². The number of amides is 1. The first-order valence-corrected chi connectivity index (χ1v) is 6.31. The van der Waals surface area contributed by atoms with E-state index in [4.69, 9.17) is 0 Å². The fourth-order valence-corrected chi connectivity index (χ4v) is 2.02. The van der Waals surface area contributed by atoms with Gasteiger partial charge in [0.2, 0.25) is 0 Å². The molecule has 104 valence electrons. The Hall–Kier alpha value is -2.49. The number of aryl methyl sites for hydroxylation is 1. The molecule has 2 aromatic carbocycles. The number of rotatable bonds is 3. The number of carbonyl (C=O) groups excluding carboxylic acids is 1. The highest BCUT2D eigenvalue weighted by Crippen LogP contribution is 2.24. The minimum Gasteiger partial charge on any atom is -0.508 e. The van der Waals surface area contributed by atoms with Gasteiger partial charge in [-0.1, -0.05) is 24.3 Å². The molecule has 0 aliphatic heterocycles. The molecule has 0 fully saturated rings. The van der Waals surface area contributed by atoms with E-state index in [1.54, 1.807) is 7.05 Å². The van der Waals surface area contributed by atoms with Crippen LogP contribution in [-0.4, -0.2) is 28.1 Å². The molecule has 0 spiro atoms. The summed E-state index contributed by atoms with van der Waals surface area (Å²) < 4.78 is 0. The summed E-state index contributed by atoms with van der Waals surface area (Å²) in [5.74, 6) is -0.571. The van der Waals surface area contributed by atoms with Gasteiger partial charge in [0.05, 0.1) is 5.56 Å². The number of aromatic hydroxyl groups is 2. The number of benzene rings is 2. The van der Waals surface area contributed by atoms with Crippen LogP contribution in [0.1, 0.15) is 21.5 Å². The number of phenols is 2. The Kier molecular flexibility index (Phi) is 3.94. The lowest BCUT2D eigenvalue weighted by Gasteiger charge is -2.19. The monoisotopic (exact) mass is 271 g/mol. The van der Waals surface area contributed by atoms with Crippen molar-refractivity contribution in [3.8, 4) is 11.5 Å². The maximum absolute atomic E-state index is 12.3. The molecule has 0 atom stereocenters. The number of nitrogens with zero attached hydrogens (tertiary/aromatic N) is 1. The van der Waals surface area contributed by atoms with Crippen molar-refractivity contribution in [3.63, 3.8) is 0 Å². The van der Waals surface area contributed by atoms with Crippen molar-refractivity contribution in [2.75, 3.05) is 7.05 Å². The van der Waals surface area contributed by atoms with Crippen LogP contribution >= 0.6 is 0 Å².